The average Bonchev–Trinajstić information content (AvgIpc) is 2.30. The SMILES string of the molecule is COc1cc(N[C@@H](C)CO)c([N+](=O)[O-])cc1F. The number of hydrogen-bond donors (Lipinski definition) is 2. The van der Waals surface area contributed by atoms with E-state index in [0.717, 1.165) is 6.07 Å². The van der Waals surface area contributed by atoms with Gasteiger partial charge in [-0.25, -0.2) is 4.39 Å². The van der Waals surface area contributed by atoms with Crippen molar-refractivity contribution in [3.63, 3.8) is 0 Å². The number of hydrogen-bond acceptors (Lipinski definition) is 5. The third-order valence-electron chi connectivity index (χ3n) is 2.14. The predicted octanol–water partition coefficient (Wildman–Crippen LogP) is 1.54. The average molecular weight is 244 g/mol. The first kappa shape index (κ1) is 13.2. The number of aliphatic hydroxyl groups is 1. The predicted molar refractivity (Wildman–Crippen MR) is 59.8 cm³/mol. The van der Waals surface area contributed by atoms with Gasteiger partial charge in [0.15, 0.2) is 11.6 Å². The molecule has 1 rings (SSSR count). The molecule has 0 bridgehead atoms. The number of ether oxygens (including phenoxy) is 1. The van der Waals surface area contributed by atoms with Crippen LogP contribution in [0.4, 0.5) is 15.8 Å². The van der Waals surface area contributed by atoms with Gasteiger partial charge in [-0.05, 0) is 6.92 Å². The van der Waals surface area contributed by atoms with Gasteiger partial charge >= 0.3 is 0 Å². The lowest BCUT2D eigenvalue weighted by atomic mass is 10.2. The van der Waals surface area contributed by atoms with Crippen LogP contribution in [-0.4, -0.2) is 29.8 Å². The van der Waals surface area contributed by atoms with Crippen LogP contribution in [0, 0.1) is 15.9 Å². The molecule has 0 aliphatic carbocycles. The summed E-state index contributed by atoms with van der Waals surface area (Å²) in [5.41, 5.74) is -0.293. The van der Waals surface area contributed by atoms with Crippen molar-refractivity contribution in [2.75, 3.05) is 19.0 Å². The van der Waals surface area contributed by atoms with Crippen molar-refractivity contribution in [2.24, 2.45) is 0 Å². The summed E-state index contributed by atoms with van der Waals surface area (Å²) >= 11 is 0. The van der Waals surface area contributed by atoms with E-state index in [2.05, 4.69) is 5.32 Å². The highest BCUT2D eigenvalue weighted by atomic mass is 19.1. The van der Waals surface area contributed by atoms with E-state index in [1.807, 2.05) is 0 Å². The number of nitrogens with one attached hydrogen (secondary N) is 1. The molecule has 17 heavy (non-hydrogen) atoms. The van der Waals surface area contributed by atoms with Gasteiger partial charge in [0.2, 0.25) is 0 Å². The van der Waals surface area contributed by atoms with Crippen LogP contribution < -0.4 is 10.1 Å². The molecular formula is C10H13FN2O4. The Kier molecular flexibility index (Phi) is 4.22. The van der Waals surface area contributed by atoms with Crippen molar-refractivity contribution >= 4 is 11.4 Å². The lowest BCUT2D eigenvalue weighted by Gasteiger charge is -2.13. The van der Waals surface area contributed by atoms with Gasteiger partial charge < -0.3 is 15.2 Å². The minimum Gasteiger partial charge on any atom is -0.494 e. The van der Waals surface area contributed by atoms with E-state index in [4.69, 9.17) is 9.84 Å². The Morgan fingerprint density at radius 2 is 2.29 bits per heavy atom. The minimum atomic E-state index is -0.804. The zero-order chi connectivity index (χ0) is 13.0. The summed E-state index contributed by atoms with van der Waals surface area (Å²) in [6.45, 7) is 1.44. The highest BCUT2D eigenvalue weighted by Gasteiger charge is 2.19. The Morgan fingerprint density at radius 3 is 2.76 bits per heavy atom. The Balaban J connectivity index is 3.19. The van der Waals surface area contributed by atoms with E-state index in [1.165, 1.54) is 13.2 Å². The van der Waals surface area contributed by atoms with E-state index in [0.29, 0.717) is 0 Å². The van der Waals surface area contributed by atoms with Crippen LogP contribution in [-0.2, 0) is 0 Å². The maximum atomic E-state index is 13.3. The number of nitrogens with zero attached hydrogens (tertiary/aromatic N) is 1. The normalized spacial score (nSPS) is 12.0. The number of methoxy groups -OCH3 is 1. The minimum absolute atomic E-state index is 0.0942. The molecule has 7 heteroatoms. The quantitative estimate of drug-likeness (QED) is 0.606. The molecule has 0 radical (unpaired) electrons. The first-order chi connectivity index (χ1) is 7.99. The molecule has 0 fully saturated rings. The Labute approximate surface area is 97.2 Å². The highest BCUT2D eigenvalue weighted by Crippen LogP contribution is 2.32. The number of anilines is 1. The summed E-state index contributed by atoms with van der Waals surface area (Å²) in [6, 6.07) is 1.59. The summed E-state index contributed by atoms with van der Waals surface area (Å²) in [6.07, 6.45) is 0. The molecule has 0 spiro atoms. The fourth-order valence-electron chi connectivity index (χ4n) is 1.28. The molecule has 0 amide bonds. The third-order valence-corrected chi connectivity index (χ3v) is 2.14. The first-order valence-electron chi connectivity index (χ1n) is 4.89. The molecular weight excluding hydrogens is 231 g/mol. The van der Waals surface area contributed by atoms with E-state index < -0.39 is 16.4 Å². The van der Waals surface area contributed by atoms with Gasteiger partial charge in [0.1, 0.15) is 5.69 Å². The molecule has 1 aromatic carbocycles. The van der Waals surface area contributed by atoms with Gasteiger partial charge in [0, 0.05) is 12.1 Å². The summed E-state index contributed by atoms with van der Waals surface area (Å²) in [5, 5.41) is 22.3. The van der Waals surface area contributed by atoms with E-state index in [-0.39, 0.29) is 24.1 Å². The van der Waals surface area contributed by atoms with E-state index in [9.17, 15) is 14.5 Å². The van der Waals surface area contributed by atoms with Gasteiger partial charge in [-0.1, -0.05) is 0 Å². The first-order valence-corrected chi connectivity index (χ1v) is 4.89. The summed E-state index contributed by atoms with van der Waals surface area (Å²) in [7, 11) is 1.27. The van der Waals surface area contributed by atoms with Crippen LogP contribution in [0.25, 0.3) is 0 Å². The molecule has 0 unspecified atom stereocenters. The largest absolute Gasteiger partial charge is 0.494 e. The van der Waals surface area contributed by atoms with Gasteiger partial charge in [-0.15, -0.1) is 0 Å². The number of aliphatic hydroxyl groups excluding tert-OH is 1. The van der Waals surface area contributed by atoms with Crippen LogP contribution in [0.5, 0.6) is 5.75 Å². The number of nitro benzene ring substituents is 1. The lowest BCUT2D eigenvalue weighted by molar-refractivity contribution is -0.384. The van der Waals surface area contributed by atoms with Crippen LogP contribution in [0.1, 0.15) is 6.92 Å². The fourth-order valence-corrected chi connectivity index (χ4v) is 1.28. The van der Waals surface area contributed by atoms with E-state index >= 15 is 0 Å². The van der Waals surface area contributed by atoms with Crippen molar-refractivity contribution in [3.8, 4) is 5.75 Å². The Morgan fingerprint density at radius 1 is 1.65 bits per heavy atom. The number of rotatable bonds is 5. The van der Waals surface area contributed by atoms with Gasteiger partial charge in [-0.3, -0.25) is 10.1 Å². The number of nitro groups is 1. The maximum Gasteiger partial charge on any atom is 0.295 e. The van der Waals surface area contributed by atoms with Gasteiger partial charge in [-0.2, -0.15) is 0 Å². The molecule has 0 aromatic heterocycles. The van der Waals surface area contributed by atoms with Gasteiger partial charge in [0.25, 0.3) is 5.69 Å². The smallest absolute Gasteiger partial charge is 0.295 e. The number of benzene rings is 1. The van der Waals surface area contributed by atoms with Crippen LogP contribution in [0.3, 0.4) is 0 Å². The lowest BCUT2D eigenvalue weighted by Crippen LogP contribution is -2.20. The third kappa shape index (κ3) is 3.04. The van der Waals surface area contributed by atoms with Crippen LogP contribution in [0.15, 0.2) is 12.1 Å². The second-order valence-corrected chi connectivity index (χ2v) is 3.49. The second kappa shape index (κ2) is 5.44. The topological polar surface area (TPSA) is 84.6 Å². The molecule has 0 aliphatic rings. The molecule has 0 saturated carbocycles. The second-order valence-electron chi connectivity index (χ2n) is 3.49. The molecule has 2 N–H and O–H groups in total. The summed E-state index contributed by atoms with van der Waals surface area (Å²) in [5.74, 6) is -0.898. The molecule has 6 nitrogen and oxygen atoms in total. The van der Waals surface area contributed by atoms with Crippen molar-refractivity contribution < 1.29 is 19.2 Å². The zero-order valence-electron chi connectivity index (χ0n) is 9.44. The highest BCUT2D eigenvalue weighted by molar-refractivity contribution is 5.65. The summed E-state index contributed by atoms with van der Waals surface area (Å²) < 4.78 is 18.0. The molecule has 0 heterocycles. The van der Waals surface area contributed by atoms with Crippen molar-refractivity contribution in [1.29, 1.82) is 0 Å². The molecule has 1 aromatic rings. The number of halogens is 1. The molecule has 94 valence electrons. The Bertz CT molecular complexity index is 425. The van der Waals surface area contributed by atoms with Crippen LogP contribution >= 0.6 is 0 Å². The standard InChI is InChI=1S/C10H13FN2O4/c1-6(5-14)12-8-4-10(17-2)7(11)3-9(8)13(15)16/h3-4,6,12,14H,5H2,1-2H3/t6-/m0/s1. The fraction of sp³-hybridized carbons (Fsp3) is 0.400. The van der Waals surface area contributed by atoms with Crippen LogP contribution in [0.2, 0.25) is 0 Å². The maximum absolute atomic E-state index is 13.3. The van der Waals surface area contributed by atoms with E-state index in [1.54, 1.807) is 6.92 Å². The van der Waals surface area contributed by atoms with Crippen molar-refractivity contribution in [2.45, 2.75) is 13.0 Å². The van der Waals surface area contributed by atoms with Gasteiger partial charge in [0.05, 0.1) is 24.7 Å². The molecule has 0 saturated heterocycles. The van der Waals surface area contributed by atoms with Crippen molar-refractivity contribution in [1.82, 2.24) is 0 Å². The molecule has 0 aliphatic heterocycles. The molecule has 1 atom stereocenters. The Hall–Kier alpha value is -1.89. The summed E-state index contributed by atoms with van der Waals surface area (Å²) in [4.78, 5) is 10.0. The van der Waals surface area contributed by atoms with Crippen molar-refractivity contribution in [3.05, 3.63) is 28.1 Å². The monoisotopic (exact) mass is 244 g/mol. The zero-order valence-corrected chi connectivity index (χ0v) is 9.44.